The number of ketones is 1. The van der Waals surface area contributed by atoms with Gasteiger partial charge in [0.05, 0.1) is 0 Å². The molecule has 0 aromatic heterocycles. The molecular weight excluding hydrogens is 192 g/mol. The van der Waals surface area contributed by atoms with Gasteiger partial charge < -0.3 is 5.11 Å². The number of carboxylic acid groups (broad SMARTS) is 1. The first-order chi connectivity index (χ1) is 4.86. The molecule has 6 nitrogen and oxygen atoms in total. The summed E-state index contributed by atoms with van der Waals surface area (Å²) in [6.45, 7) is 1.24. The number of Topliss-reactive ketones (excluding diaryl/α,β-unsaturated/α-hetero) is 1. The van der Waals surface area contributed by atoms with Crippen molar-refractivity contribution in [2.75, 3.05) is 0 Å². The normalized spacial score (nSPS) is 7.55. The van der Waals surface area contributed by atoms with Gasteiger partial charge in [-0.05, 0) is 6.92 Å². The van der Waals surface area contributed by atoms with E-state index in [0.29, 0.717) is 0 Å². The van der Waals surface area contributed by atoms with Gasteiger partial charge in [0.2, 0.25) is 0 Å². The summed E-state index contributed by atoms with van der Waals surface area (Å²) in [7, 11) is 0. The quantitative estimate of drug-likeness (QED) is 0.381. The van der Waals surface area contributed by atoms with Crippen molar-refractivity contribution in [2.45, 2.75) is 13.3 Å². The fourth-order valence-electron chi connectivity index (χ4n) is 0.213. The van der Waals surface area contributed by atoms with Crippen LogP contribution in [0.25, 0.3) is 0 Å². The predicted molar refractivity (Wildman–Crippen MR) is 28.1 cm³/mol. The zero-order chi connectivity index (χ0) is 9.44. The van der Waals surface area contributed by atoms with E-state index >= 15 is 0 Å². The van der Waals surface area contributed by atoms with Gasteiger partial charge in [-0.3, -0.25) is 9.59 Å². The average molecular weight is 200 g/mol. The molecule has 0 unspecified atom stereocenters. The first-order valence-electron chi connectivity index (χ1n) is 2.49. The van der Waals surface area contributed by atoms with Crippen molar-refractivity contribution in [3.8, 4) is 0 Å². The van der Waals surface area contributed by atoms with Gasteiger partial charge in [-0.1, -0.05) is 0 Å². The van der Waals surface area contributed by atoms with Gasteiger partial charge in [-0.25, -0.2) is 0 Å². The van der Waals surface area contributed by atoms with Crippen LogP contribution in [0.2, 0.25) is 0 Å². The van der Waals surface area contributed by atoms with Crippen LogP contribution in [0.1, 0.15) is 13.3 Å². The second-order valence-electron chi connectivity index (χ2n) is 1.56. The zero-order valence-corrected chi connectivity index (χ0v) is 7.34. The van der Waals surface area contributed by atoms with Gasteiger partial charge in [-0.15, -0.1) is 0 Å². The third kappa shape index (κ3) is 43.0. The number of carboxylic acids is 1. The fourth-order valence-corrected chi connectivity index (χ4v) is 0.213. The van der Waals surface area contributed by atoms with Gasteiger partial charge in [-0.2, -0.15) is 0 Å². The first kappa shape index (κ1) is 13.2. The van der Waals surface area contributed by atoms with Crippen molar-refractivity contribution in [2.24, 2.45) is 0 Å². The van der Waals surface area contributed by atoms with Gasteiger partial charge in [0.25, 0.3) is 0 Å². The molecule has 11 heavy (non-hydrogen) atoms. The Morgan fingerprint density at radius 2 is 1.64 bits per heavy atom. The van der Waals surface area contributed by atoms with Crippen LogP contribution >= 0.6 is 0 Å². The van der Waals surface area contributed by atoms with Gasteiger partial charge in [0, 0.05) is 0 Å². The third-order valence-corrected chi connectivity index (χ3v) is 0.400. The maximum absolute atomic E-state index is 9.87. The standard InChI is InChI=1S/C4H6O3.2H2O.O.Ti/c1-3(5)2-4(6)7;;;;/h2H2,1H3,(H,6,7);2*1H2;;/q;;;;+2/p-2. The monoisotopic (exact) mass is 200 g/mol. The molecule has 0 radical (unpaired) electrons. The Balaban J connectivity index is 0. The van der Waals surface area contributed by atoms with Crippen molar-refractivity contribution < 1.29 is 44.0 Å². The van der Waals surface area contributed by atoms with Crippen LogP contribution in [0.15, 0.2) is 0 Å². The molecule has 0 spiro atoms. The van der Waals surface area contributed by atoms with Crippen LogP contribution in [0.4, 0.5) is 0 Å². The summed E-state index contributed by atoms with van der Waals surface area (Å²) < 4.78 is 23.2. The molecule has 0 bridgehead atoms. The topological polar surface area (TPSA) is 112 Å². The number of rotatable bonds is 2. The molecule has 7 heteroatoms. The van der Waals surface area contributed by atoms with E-state index < -0.39 is 24.6 Å². The molecule has 0 saturated heterocycles. The second-order valence-corrected chi connectivity index (χ2v) is 2.44. The molecule has 0 aliphatic heterocycles. The minimum absolute atomic E-state index is 0.312. The summed E-state index contributed by atoms with van der Waals surface area (Å²) in [4.78, 5) is 19.5. The molecule has 0 saturated carbocycles. The number of hydrogen-bond acceptors (Lipinski definition) is 3. The Morgan fingerprint density at radius 1 is 1.36 bits per heavy atom. The number of hydrogen-bond donors (Lipinski definition) is 3. The van der Waals surface area contributed by atoms with E-state index in [4.69, 9.17) is 15.8 Å². The Labute approximate surface area is 69.6 Å². The maximum atomic E-state index is 9.87. The summed E-state index contributed by atoms with van der Waals surface area (Å²) in [5.41, 5.74) is 0. The molecule has 0 aromatic rings. The van der Waals surface area contributed by atoms with Crippen LogP contribution in [-0.2, 0) is 31.5 Å². The number of carbonyl (C=O) groups is 2. The van der Waals surface area contributed by atoms with E-state index in [1.54, 1.807) is 0 Å². The van der Waals surface area contributed by atoms with Crippen molar-refractivity contribution in [1.82, 2.24) is 0 Å². The third-order valence-electron chi connectivity index (χ3n) is 0.400. The molecule has 0 aromatic carbocycles. The Bertz CT molecular complexity index is 148. The number of aliphatic carboxylic acids is 1. The van der Waals surface area contributed by atoms with Crippen molar-refractivity contribution in [3.63, 3.8) is 0 Å². The molecule has 0 amide bonds. The molecule has 0 heterocycles. The average Bonchev–Trinajstić information content (AvgIpc) is 1.56. The number of carbonyl (C=O) groups excluding carboxylic acids is 1. The van der Waals surface area contributed by atoms with Crippen molar-refractivity contribution in [3.05, 3.63) is 0 Å². The Morgan fingerprint density at radius 3 is 1.64 bits per heavy atom. The van der Waals surface area contributed by atoms with Crippen LogP contribution in [-0.4, -0.2) is 24.2 Å². The summed E-state index contributed by atoms with van der Waals surface area (Å²) >= 11 is -3.58. The Hall–Kier alpha value is -0.426. The van der Waals surface area contributed by atoms with Crippen molar-refractivity contribution >= 4 is 11.8 Å². The predicted octanol–water partition coefficient (Wildman–Crippen LogP) is -1.19. The van der Waals surface area contributed by atoms with Gasteiger partial charge in [0.15, 0.2) is 0 Å². The minimum atomic E-state index is -3.58. The van der Waals surface area contributed by atoms with Crippen LogP contribution in [0.3, 0.4) is 0 Å². The molecule has 0 atom stereocenters. The molecule has 3 N–H and O–H groups in total. The van der Waals surface area contributed by atoms with Crippen LogP contribution < -0.4 is 0 Å². The molecule has 0 aliphatic rings. The molecular formula is C4H8O6Ti. The summed E-state index contributed by atoms with van der Waals surface area (Å²) in [6.07, 6.45) is -0.361. The van der Waals surface area contributed by atoms with E-state index in [2.05, 4.69) is 0 Å². The van der Waals surface area contributed by atoms with Crippen molar-refractivity contribution in [1.29, 1.82) is 0 Å². The van der Waals surface area contributed by atoms with E-state index in [1.807, 2.05) is 0 Å². The fraction of sp³-hybridized carbons (Fsp3) is 0.500. The van der Waals surface area contributed by atoms with Gasteiger partial charge in [0.1, 0.15) is 12.2 Å². The Kier molecular flexibility index (Phi) is 9.20. The zero-order valence-electron chi connectivity index (χ0n) is 5.77. The van der Waals surface area contributed by atoms with E-state index in [9.17, 15) is 9.59 Å². The van der Waals surface area contributed by atoms with E-state index in [0.717, 1.165) is 0 Å². The van der Waals surface area contributed by atoms with E-state index in [-0.39, 0.29) is 12.2 Å². The summed E-state index contributed by atoms with van der Waals surface area (Å²) in [6, 6.07) is 0. The SMILES string of the molecule is CC(=O)CC(=O)O.[O]=[Ti]([OH])[OH]. The van der Waals surface area contributed by atoms with Gasteiger partial charge >= 0.3 is 35.3 Å². The summed E-state index contributed by atoms with van der Waals surface area (Å²) in [5.74, 6) is -1.37. The van der Waals surface area contributed by atoms with Crippen LogP contribution in [0, 0.1) is 0 Å². The molecule has 64 valence electrons. The van der Waals surface area contributed by atoms with E-state index in [1.165, 1.54) is 6.92 Å². The molecule has 0 rings (SSSR count). The molecule has 0 aliphatic carbocycles. The molecule has 0 fully saturated rings. The summed E-state index contributed by atoms with van der Waals surface area (Å²) in [5, 5.41) is 7.86. The second kappa shape index (κ2) is 7.68. The van der Waals surface area contributed by atoms with Crippen LogP contribution in [0.5, 0.6) is 0 Å². The first-order valence-corrected chi connectivity index (χ1v) is 4.52.